The van der Waals surface area contributed by atoms with Crippen LogP contribution < -0.4 is 18.9 Å². The SMILES string of the molecule is C#C.Cc1c(COc2cc(OCc3cccc(C#N)c3)c(CN3CC[C@@H](O)C3)cc2Cl)cccc1-c1ccc2c(c1)OCCO2.O=CO. The number of aliphatic hydroxyl groups is 1. The van der Waals surface area contributed by atoms with E-state index in [9.17, 15) is 10.4 Å². The van der Waals surface area contributed by atoms with Crippen LogP contribution in [-0.2, 0) is 24.6 Å². The molecule has 0 aromatic heterocycles. The quantitative estimate of drug-likeness (QED) is 0.149. The topological polar surface area (TPSA) is 121 Å². The zero-order chi connectivity index (χ0) is 34.5. The van der Waals surface area contributed by atoms with E-state index in [1.165, 1.54) is 0 Å². The molecule has 0 radical (unpaired) electrons. The number of carboxylic acid groups (broad SMARTS) is 1. The van der Waals surface area contributed by atoms with Crippen LogP contribution in [0.25, 0.3) is 11.1 Å². The molecule has 4 aromatic carbocycles. The maximum atomic E-state index is 10.0. The molecule has 1 fully saturated rings. The van der Waals surface area contributed by atoms with Gasteiger partial charge in [-0.15, -0.1) is 12.8 Å². The number of hydrogen-bond acceptors (Lipinski definition) is 8. The fraction of sp³-hybridized carbons (Fsp3) is 0.263. The number of carbonyl (C=O) groups is 1. The first kappa shape index (κ1) is 35.7. The molecule has 2 aliphatic heterocycles. The Morgan fingerprint density at radius 2 is 1.71 bits per heavy atom. The molecule has 0 saturated carbocycles. The van der Waals surface area contributed by atoms with E-state index in [1.807, 2.05) is 54.6 Å². The monoisotopic (exact) mass is 668 g/mol. The van der Waals surface area contributed by atoms with E-state index >= 15 is 0 Å². The third-order valence-electron chi connectivity index (χ3n) is 7.89. The summed E-state index contributed by atoms with van der Waals surface area (Å²) in [4.78, 5) is 10.5. The Morgan fingerprint density at radius 1 is 0.979 bits per heavy atom. The molecule has 0 amide bonds. The van der Waals surface area contributed by atoms with Gasteiger partial charge in [0.25, 0.3) is 6.47 Å². The highest BCUT2D eigenvalue weighted by Gasteiger charge is 2.23. The summed E-state index contributed by atoms with van der Waals surface area (Å²) in [5, 5.41) is 26.7. The van der Waals surface area contributed by atoms with Crippen molar-refractivity contribution in [3.8, 4) is 53.0 Å². The van der Waals surface area contributed by atoms with Crippen LogP contribution in [0.5, 0.6) is 23.0 Å². The van der Waals surface area contributed by atoms with Gasteiger partial charge in [0.2, 0.25) is 0 Å². The van der Waals surface area contributed by atoms with Crippen LogP contribution in [0, 0.1) is 31.1 Å². The average Bonchev–Trinajstić information content (AvgIpc) is 3.53. The van der Waals surface area contributed by atoms with Crippen LogP contribution in [0.2, 0.25) is 5.02 Å². The van der Waals surface area contributed by atoms with Crippen molar-refractivity contribution in [3.05, 3.63) is 106 Å². The molecule has 4 aromatic rings. The number of nitrogens with zero attached hydrogens (tertiary/aromatic N) is 2. The number of rotatable bonds is 9. The number of halogens is 1. The van der Waals surface area contributed by atoms with E-state index in [-0.39, 0.29) is 12.6 Å². The summed E-state index contributed by atoms with van der Waals surface area (Å²) in [6.07, 6.45) is 8.42. The van der Waals surface area contributed by atoms with Crippen molar-refractivity contribution in [2.24, 2.45) is 0 Å². The van der Waals surface area contributed by atoms with E-state index < -0.39 is 0 Å². The number of ether oxygens (including phenoxy) is 4. The first-order valence-corrected chi connectivity index (χ1v) is 15.6. The predicted molar refractivity (Wildman–Crippen MR) is 183 cm³/mol. The lowest BCUT2D eigenvalue weighted by Gasteiger charge is -2.21. The highest BCUT2D eigenvalue weighted by Crippen LogP contribution is 2.38. The highest BCUT2D eigenvalue weighted by molar-refractivity contribution is 6.32. The van der Waals surface area contributed by atoms with Gasteiger partial charge in [0, 0.05) is 31.3 Å². The summed E-state index contributed by atoms with van der Waals surface area (Å²) in [6, 6.07) is 25.5. The molecule has 248 valence electrons. The van der Waals surface area contributed by atoms with E-state index in [0.717, 1.165) is 57.8 Å². The van der Waals surface area contributed by atoms with Crippen LogP contribution in [0.1, 0.15) is 34.2 Å². The molecule has 0 unspecified atom stereocenters. The van der Waals surface area contributed by atoms with Crippen LogP contribution >= 0.6 is 11.6 Å². The van der Waals surface area contributed by atoms with E-state index in [1.54, 1.807) is 6.07 Å². The van der Waals surface area contributed by atoms with Gasteiger partial charge < -0.3 is 29.2 Å². The van der Waals surface area contributed by atoms with Crippen molar-refractivity contribution < 1.29 is 34.0 Å². The van der Waals surface area contributed by atoms with Crippen LogP contribution in [0.15, 0.2) is 72.8 Å². The molecule has 0 spiro atoms. The normalized spacial score (nSPS) is 14.7. The second-order valence-electron chi connectivity index (χ2n) is 11.0. The summed E-state index contributed by atoms with van der Waals surface area (Å²) >= 11 is 6.76. The Kier molecular flexibility index (Phi) is 13.1. The lowest BCUT2D eigenvalue weighted by atomic mass is 9.96. The van der Waals surface area contributed by atoms with Gasteiger partial charge in [0.05, 0.1) is 22.8 Å². The van der Waals surface area contributed by atoms with Crippen molar-refractivity contribution in [2.75, 3.05) is 26.3 Å². The summed E-state index contributed by atoms with van der Waals surface area (Å²) in [7, 11) is 0. The standard InChI is InChI=1S/C35H33ClN2O5.C2H2.CH2O2/c1-23-27(6-3-7-30(23)26-8-9-32-35(16-26)41-13-12-40-32)22-43-34-17-33(42-21-25-5-2-4-24(14-25)18-37)28(15-31(34)36)19-38-11-10-29(39)20-38;1-2;2-1-3/h2-9,14-17,29,39H,10-13,19-22H2,1H3;1-2H;1H,(H,2,3)/t29-;;/m1../s1. The fourth-order valence-corrected chi connectivity index (χ4v) is 5.79. The molecule has 48 heavy (non-hydrogen) atoms. The number of β-amino-alcohol motifs (C(OH)–C–C–N with tert-alkyl or cyclic N) is 1. The zero-order valence-electron chi connectivity index (χ0n) is 26.6. The molecule has 1 atom stereocenters. The summed E-state index contributed by atoms with van der Waals surface area (Å²) in [5.41, 5.74) is 6.68. The minimum Gasteiger partial charge on any atom is -0.488 e. The fourth-order valence-electron chi connectivity index (χ4n) is 5.55. The Balaban J connectivity index is 0.000000986. The number of nitriles is 1. The van der Waals surface area contributed by atoms with Crippen molar-refractivity contribution in [1.29, 1.82) is 5.26 Å². The number of benzene rings is 4. The molecule has 6 rings (SSSR count). The van der Waals surface area contributed by atoms with Gasteiger partial charge in [-0.25, -0.2) is 0 Å². The smallest absolute Gasteiger partial charge is 0.290 e. The molecule has 2 N–H and O–H groups in total. The lowest BCUT2D eigenvalue weighted by molar-refractivity contribution is -0.122. The third kappa shape index (κ3) is 9.21. The third-order valence-corrected chi connectivity index (χ3v) is 8.18. The maximum absolute atomic E-state index is 10.0. The van der Waals surface area contributed by atoms with E-state index in [4.69, 9.17) is 40.4 Å². The van der Waals surface area contributed by atoms with Gasteiger partial charge in [-0.05, 0) is 71.5 Å². The summed E-state index contributed by atoms with van der Waals surface area (Å²) in [6.45, 7) is 5.57. The van der Waals surface area contributed by atoms with Gasteiger partial charge in [0.1, 0.15) is 37.9 Å². The van der Waals surface area contributed by atoms with Gasteiger partial charge in [-0.3, -0.25) is 9.69 Å². The Bertz CT molecular complexity index is 1770. The zero-order valence-corrected chi connectivity index (χ0v) is 27.4. The van der Waals surface area contributed by atoms with Crippen molar-refractivity contribution in [1.82, 2.24) is 4.90 Å². The largest absolute Gasteiger partial charge is 0.488 e. The van der Waals surface area contributed by atoms with Crippen LogP contribution in [0.3, 0.4) is 0 Å². The minimum absolute atomic E-state index is 0.250. The molecule has 0 aliphatic carbocycles. The second kappa shape index (κ2) is 17.7. The molecular weight excluding hydrogens is 632 g/mol. The second-order valence-corrected chi connectivity index (χ2v) is 11.4. The van der Waals surface area contributed by atoms with E-state index in [0.29, 0.717) is 61.6 Å². The molecule has 2 aliphatic rings. The number of aliphatic hydroxyl groups excluding tert-OH is 1. The average molecular weight is 669 g/mol. The first-order valence-electron chi connectivity index (χ1n) is 15.3. The number of terminal acetylenes is 1. The Morgan fingerprint density at radius 3 is 2.44 bits per heavy atom. The van der Waals surface area contributed by atoms with E-state index in [2.05, 4.69) is 42.9 Å². The summed E-state index contributed by atoms with van der Waals surface area (Å²) < 4.78 is 24.1. The molecule has 1 saturated heterocycles. The number of fused-ring (bicyclic) bond motifs is 1. The minimum atomic E-state index is -0.322. The Labute approximate surface area is 285 Å². The maximum Gasteiger partial charge on any atom is 0.290 e. The van der Waals surface area contributed by atoms with Crippen molar-refractivity contribution in [2.45, 2.75) is 39.2 Å². The molecular formula is C38H37ClN2O7. The molecule has 2 heterocycles. The lowest BCUT2D eigenvalue weighted by Crippen LogP contribution is -2.22. The van der Waals surface area contributed by atoms with Gasteiger partial charge >= 0.3 is 0 Å². The first-order chi connectivity index (χ1) is 23.4. The molecule has 0 bridgehead atoms. The summed E-state index contributed by atoms with van der Waals surface area (Å²) in [5.74, 6) is 2.70. The van der Waals surface area contributed by atoms with Gasteiger partial charge in [-0.1, -0.05) is 48.0 Å². The Hall–Kier alpha value is -5.19. The van der Waals surface area contributed by atoms with Gasteiger partial charge in [-0.2, -0.15) is 5.26 Å². The van der Waals surface area contributed by atoms with Crippen LogP contribution in [-0.4, -0.2) is 54.0 Å². The molecule has 9 nitrogen and oxygen atoms in total. The van der Waals surface area contributed by atoms with Crippen molar-refractivity contribution >= 4 is 18.1 Å². The molecule has 10 heteroatoms. The highest BCUT2D eigenvalue weighted by atomic mass is 35.5. The number of hydrogen-bond donors (Lipinski definition) is 2. The van der Waals surface area contributed by atoms with Crippen molar-refractivity contribution in [3.63, 3.8) is 0 Å². The predicted octanol–water partition coefficient (Wildman–Crippen LogP) is 6.63. The van der Waals surface area contributed by atoms with Crippen LogP contribution in [0.4, 0.5) is 0 Å². The van der Waals surface area contributed by atoms with Gasteiger partial charge in [0.15, 0.2) is 11.5 Å². The number of likely N-dealkylation sites (tertiary alicyclic amines) is 1.